The van der Waals surface area contributed by atoms with Gasteiger partial charge in [-0.3, -0.25) is 4.79 Å². The van der Waals surface area contributed by atoms with Crippen LogP contribution in [0.2, 0.25) is 0 Å². The molecule has 7 nitrogen and oxygen atoms in total. The molecular formula is C23H27F2N5O2. The first-order chi connectivity index (χ1) is 15.3. The Morgan fingerprint density at radius 1 is 1.19 bits per heavy atom. The molecule has 4 heterocycles. The lowest BCUT2D eigenvalue weighted by atomic mass is 9.94. The van der Waals surface area contributed by atoms with Crippen molar-refractivity contribution in [3.05, 3.63) is 53.6 Å². The fourth-order valence-electron chi connectivity index (χ4n) is 3.88. The van der Waals surface area contributed by atoms with E-state index in [1.807, 2.05) is 24.4 Å². The second-order valence-corrected chi connectivity index (χ2v) is 8.43. The number of fused-ring (bicyclic) bond motifs is 1. The average molecular weight is 443 g/mol. The van der Waals surface area contributed by atoms with E-state index >= 15 is 0 Å². The lowest BCUT2D eigenvalue weighted by Crippen LogP contribution is -2.29. The molecule has 1 N–H and O–H groups in total. The molecule has 1 saturated heterocycles. The van der Waals surface area contributed by atoms with E-state index in [4.69, 9.17) is 9.72 Å². The molecule has 0 aromatic carbocycles. The maximum Gasteiger partial charge on any atom is 0.280 e. The topological polar surface area (TPSA) is 71.8 Å². The standard InChI is InChI=1S/C23H27F2N5O2/c1-14(2)32-19-11-21-27-18(15-7-9-29(3)10-8-15)13-30(21)12-16(19)23(31)28-20-6-4-5-17(26-20)22(24)25/h4-6,11-15,22H,7-10H2,1-3H3,(H,26,28,31). The monoisotopic (exact) mass is 443 g/mol. The van der Waals surface area contributed by atoms with Crippen molar-refractivity contribution < 1.29 is 18.3 Å². The molecular weight excluding hydrogens is 416 g/mol. The molecule has 9 heteroatoms. The summed E-state index contributed by atoms with van der Waals surface area (Å²) in [6.07, 6.45) is 2.83. The fraction of sp³-hybridized carbons (Fsp3) is 0.435. The zero-order valence-corrected chi connectivity index (χ0v) is 18.4. The number of nitrogens with one attached hydrogen (secondary N) is 1. The van der Waals surface area contributed by atoms with Gasteiger partial charge in [0.2, 0.25) is 0 Å². The van der Waals surface area contributed by atoms with Gasteiger partial charge in [0.25, 0.3) is 12.3 Å². The third-order valence-corrected chi connectivity index (χ3v) is 5.55. The van der Waals surface area contributed by atoms with Gasteiger partial charge < -0.3 is 19.4 Å². The molecule has 1 fully saturated rings. The van der Waals surface area contributed by atoms with Crippen LogP contribution < -0.4 is 10.1 Å². The predicted molar refractivity (Wildman–Crippen MR) is 118 cm³/mol. The number of anilines is 1. The highest BCUT2D eigenvalue weighted by atomic mass is 19.3. The fourth-order valence-corrected chi connectivity index (χ4v) is 3.88. The molecule has 170 valence electrons. The Kier molecular flexibility index (Phi) is 6.36. The minimum Gasteiger partial charge on any atom is -0.490 e. The van der Waals surface area contributed by atoms with Gasteiger partial charge in [-0.15, -0.1) is 0 Å². The molecule has 1 amide bonds. The minimum absolute atomic E-state index is 0.0565. The van der Waals surface area contributed by atoms with E-state index in [9.17, 15) is 13.6 Å². The highest BCUT2D eigenvalue weighted by Crippen LogP contribution is 2.29. The van der Waals surface area contributed by atoms with Gasteiger partial charge in [-0.1, -0.05) is 6.07 Å². The smallest absolute Gasteiger partial charge is 0.280 e. The number of aromatic nitrogens is 3. The first-order valence-electron chi connectivity index (χ1n) is 10.7. The highest BCUT2D eigenvalue weighted by Gasteiger charge is 2.23. The first kappa shape index (κ1) is 22.1. The van der Waals surface area contributed by atoms with Gasteiger partial charge in [-0.05, 0) is 59.0 Å². The van der Waals surface area contributed by atoms with E-state index in [0.29, 0.717) is 17.3 Å². The Labute approximate surface area is 185 Å². The van der Waals surface area contributed by atoms with Gasteiger partial charge in [0.15, 0.2) is 0 Å². The number of halogens is 2. The summed E-state index contributed by atoms with van der Waals surface area (Å²) in [4.78, 5) is 23.9. The molecule has 0 bridgehead atoms. The summed E-state index contributed by atoms with van der Waals surface area (Å²) in [5.74, 6) is 0.326. The molecule has 0 saturated carbocycles. The van der Waals surface area contributed by atoms with Crippen LogP contribution in [0.1, 0.15) is 60.8 Å². The van der Waals surface area contributed by atoms with Crippen LogP contribution in [0.3, 0.4) is 0 Å². The van der Waals surface area contributed by atoms with Gasteiger partial charge >= 0.3 is 0 Å². The molecule has 0 atom stereocenters. The van der Waals surface area contributed by atoms with Crippen LogP contribution in [0.5, 0.6) is 5.75 Å². The number of carbonyl (C=O) groups is 1. The number of hydrogen-bond donors (Lipinski definition) is 1. The molecule has 0 aliphatic carbocycles. The van der Waals surface area contributed by atoms with Crippen LogP contribution in [0.25, 0.3) is 5.65 Å². The van der Waals surface area contributed by atoms with Gasteiger partial charge in [0, 0.05) is 24.4 Å². The van der Waals surface area contributed by atoms with Gasteiger partial charge in [-0.2, -0.15) is 0 Å². The average Bonchev–Trinajstić information content (AvgIpc) is 3.16. The zero-order chi connectivity index (χ0) is 22.8. The van der Waals surface area contributed by atoms with E-state index in [1.165, 1.54) is 18.2 Å². The second kappa shape index (κ2) is 9.20. The SMILES string of the molecule is CC(C)Oc1cc2nc(C3CCN(C)CC3)cn2cc1C(=O)Nc1cccc(C(F)F)n1. The zero-order valence-electron chi connectivity index (χ0n) is 18.4. The third kappa shape index (κ3) is 4.88. The largest absolute Gasteiger partial charge is 0.490 e. The molecule has 3 aromatic heterocycles. The van der Waals surface area contributed by atoms with Gasteiger partial charge in [0.05, 0.1) is 17.4 Å². The van der Waals surface area contributed by atoms with Crippen LogP contribution >= 0.6 is 0 Å². The molecule has 3 aromatic rings. The maximum absolute atomic E-state index is 13.0. The van der Waals surface area contributed by atoms with E-state index in [0.717, 1.165) is 31.6 Å². The quantitative estimate of drug-likeness (QED) is 0.607. The summed E-state index contributed by atoms with van der Waals surface area (Å²) in [6, 6.07) is 5.87. The molecule has 32 heavy (non-hydrogen) atoms. The van der Waals surface area contributed by atoms with Crippen molar-refractivity contribution >= 4 is 17.4 Å². The van der Waals surface area contributed by atoms with Crippen LogP contribution in [0.4, 0.5) is 14.6 Å². The third-order valence-electron chi connectivity index (χ3n) is 5.55. The molecule has 1 aliphatic heterocycles. The highest BCUT2D eigenvalue weighted by molar-refractivity contribution is 6.05. The van der Waals surface area contributed by atoms with Crippen LogP contribution in [-0.2, 0) is 0 Å². The Balaban J connectivity index is 1.65. The van der Waals surface area contributed by atoms with Crippen molar-refractivity contribution in [2.45, 2.75) is 45.1 Å². The number of pyridine rings is 2. The first-order valence-corrected chi connectivity index (χ1v) is 10.7. The number of likely N-dealkylation sites (tertiary alicyclic amines) is 1. The van der Waals surface area contributed by atoms with Crippen molar-refractivity contribution in [1.29, 1.82) is 0 Å². The van der Waals surface area contributed by atoms with Gasteiger partial charge in [0.1, 0.15) is 22.9 Å². The summed E-state index contributed by atoms with van der Waals surface area (Å²) in [5, 5.41) is 2.60. The molecule has 0 spiro atoms. The molecule has 0 radical (unpaired) electrons. The van der Waals surface area contributed by atoms with Crippen LogP contribution in [-0.4, -0.2) is 51.4 Å². The number of carbonyl (C=O) groups excluding carboxylic acids is 1. The maximum atomic E-state index is 13.0. The van der Waals surface area contributed by atoms with Crippen molar-refractivity contribution in [1.82, 2.24) is 19.3 Å². The number of nitrogens with zero attached hydrogens (tertiary/aromatic N) is 4. The number of amides is 1. The number of rotatable bonds is 6. The Hall–Kier alpha value is -3.07. The van der Waals surface area contributed by atoms with Crippen molar-refractivity contribution in [3.8, 4) is 5.75 Å². The number of piperidine rings is 1. The number of hydrogen-bond acceptors (Lipinski definition) is 5. The summed E-state index contributed by atoms with van der Waals surface area (Å²) in [6.45, 7) is 5.79. The number of alkyl halides is 2. The van der Waals surface area contributed by atoms with Gasteiger partial charge in [-0.25, -0.2) is 18.7 Å². The van der Waals surface area contributed by atoms with E-state index in [1.54, 1.807) is 12.3 Å². The van der Waals surface area contributed by atoms with Crippen molar-refractivity contribution in [2.75, 3.05) is 25.5 Å². The van der Waals surface area contributed by atoms with E-state index in [-0.39, 0.29) is 17.5 Å². The van der Waals surface area contributed by atoms with Crippen LogP contribution in [0, 0.1) is 0 Å². The second-order valence-electron chi connectivity index (χ2n) is 8.43. The van der Waals surface area contributed by atoms with Crippen LogP contribution in [0.15, 0.2) is 36.7 Å². The summed E-state index contributed by atoms with van der Waals surface area (Å²) in [5.41, 5.74) is 1.58. The van der Waals surface area contributed by atoms with E-state index in [2.05, 4.69) is 22.2 Å². The van der Waals surface area contributed by atoms with Crippen molar-refractivity contribution in [2.24, 2.45) is 0 Å². The summed E-state index contributed by atoms with van der Waals surface area (Å²) < 4.78 is 33.6. The Bertz CT molecular complexity index is 1110. The molecule has 1 aliphatic rings. The van der Waals surface area contributed by atoms with Crippen molar-refractivity contribution in [3.63, 3.8) is 0 Å². The number of imidazole rings is 1. The summed E-state index contributed by atoms with van der Waals surface area (Å²) >= 11 is 0. The Morgan fingerprint density at radius 2 is 1.94 bits per heavy atom. The summed E-state index contributed by atoms with van der Waals surface area (Å²) in [7, 11) is 2.12. The van der Waals surface area contributed by atoms with E-state index < -0.39 is 18.0 Å². The lowest BCUT2D eigenvalue weighted by molar-refractivity contribution is 0.101. The number of ether oxygens (including phenoxy) is 1. The lowest BCUT2D eigenvalue weighted by Gasteiger charge is -2.27. The molecule has 4 rings (SSSR count). The predicted octanol–water partition coefficient (Wildman–Crippen LogP) is 4.52. The minimum atomic E-state index is -2.72. The Morgan fingerprint density at radius 3 is 2.62 bits per heavy atom. The molecule has 0 unspecified atom stereocenters. The normalized spacial score (nSPS) is 15.6.